The molecule has 0 spiro atoms. The summed E-state index contributed by atoms with van der Waals surface area (Å²) < 4.78 is 0. The van der Waals surface area contributed by atoms with Crippen molar-refractivity contribution in [2.75, 3.05) is 0 Å². The van der Waals surface area contributed by atoms with E-state index in [0.717, 1.165) is 11.1 Å². The van der Waals surface area contributed by atoms with Crippen LogP contribution in [0.3, 0.4) is 0 Å². The molecule has 0 aliphatic heterocycles. The van der Waals surface area contributed by atoms with Gasteiger partial charge in [0.15, 0.2) is 0 Å². The number of benzene rings is 2. The third-order valence-corrected chi connectivity index (χ3v) is 3.33. The molecular formula is C16H18O3. The Hall–Kier alpha value is -2.16. The third kappa shape index (κ3) is 2.36. The van der Waals surface area contributed by atoms with Gasteiger partial charge in [-0.2, -0.15) is 0 Å². The third-order valence-electron chi connectivity index (χ3n) is 3.33. The van der Waals surface area contributed by atoms with E-state index in [2.05, 4.69) is 0 Å². The second-order valence-electron chi connectivity index (χ2n) is 4.52. The summed E-state index contributed by atoms with van der Waals surface area (Å²) in [6.07, 6.45) is 1.37. The highest BCUT2D eigenvalue weighted by molar-refractivity contribution is 5.80. The van der Waals surface area contributed by atoms with Crippen LogP contribution in [0.15, 0.2) is 30.3 Å². The molecule has 19 heavy (non-hydrogen) atoms. The average molecular weight is 258 g/mol. The molecule has 0 fully saturated rings. The van der Waals surface area contributed by atoms with E-state index in [0.29, 0.717) is 24.0 Å². The first-order valence-electron chi connectivity index (χ1n) is 6.44. The van der Waals surface area contributed by atoms with Gasteiger partial charge in [-0.05, 0) is 47.7 Å². The molecule has 3 nitrogen and oxygen atoms in total. The quantitative estimate of drug-likeness (QED) is 0.788. The maximum Gasteiger partial charge on any atom is 0.130 e. The highest BCUT2D eigenvalue weighted by Gasteiger charge is 2.17. The largest absolute Gasteiger partial charge is 0.508 e. The zero-order valence-corrected chi connectivity index (χ0v) is 11.1. The highest BCUT2D eigenvalue weighted by Crippen LogP contribution is 2.43. The molecule has 2 aromatic rings. The van der Waals surface area contributed by atoms with E-state index in [1.807, 2.05) is 19.9 Å². The van der Waals surface area contributed by atoms with Crippen molar-refractivity contribution in [3.63, 3.8) is 0 Å². The van der Waals surface area contributed by atoms with Crippen LogP contribution in [0.25, 0.3) is 11.1 Å². The van der Waals surface area contributed by atoms with Gasteiger partial charge >= 0.3 is 0 Å². The van der Waals surface area contributed by atoms with Crippen molar-refractivity contribution in [3.05, 3.63) is 41.5 Å². The molecular weight excluding hydrogens is 240 g/mol. The predicted molar refractivity (Wildman–Crippen MR) is 75.6 cm³/mol. The van der Waals surface area contributed by atoms with Crippen LogP contribution in [0.4, 0.5) is 0 Å². The fourth-order valence-corrected chi connectivity index (χ4v) is 2.25. The molecule has 0 atom stereocenters. The van der Waals surface area contributed by atoms with Crippen LogP contribution in [0.5, 0.6) is 17.2 Å². The Balaban J connectivity index is 2.74. The summed E-state index contributed by atoms with van der Waals surface area (Å²) in [5, 5.41) is 30.1. The maximum absolute atomic E-state index is 10.3. The molecule has 0 heterocycles. The van der Waals surface area contributed by atoms with E-state index in [9.17, 15) is 15.3 Å². The molecule has 0 aliphatic carbocycles. The van der Waals surface area contributed by atoms with Crippen molar-refractivity contribution < 1.29 is 15.3 Å². The number of phenols is 3. The SMILES string of the molecule is CCc1cc(CC)c(O)c(-c2cccc(O)c2)c1O. The molecule has 2 aromatic carbocycles. The van der Waals surface area contributed by atoms with Gasteiger partial charge in [0.25, 0.3) is 0 Å². The minimum absolute atomic E-state index is 0.0859. The first-order valence-corrected chi connectivity index (χ1v) is 6.44. The summed E-state index contributed by atoms with van der Waals surface area (Å²) in [6.45, 7) is 3.91. The fourth-order valence-electron chi connectivity index (χ4n) is 2.25. The first-order chi connectivity index (χ1) is 9.08. The molecule has 0 amide bonds. The van der Waals surface area contributed by atoms with Gasteiger partial charge in [-0.15, -0.1) is 0 Å². The van der Waals surface area contributed by atoms with E-state index in [-0.39, 0.29) is 17.2 Å². The van der Waals surface area contributed by atoms with Crippen molar-refractivity contribution in [1.29, 1.82) is 0 Å². The lowest BCUT2D eigenvalue weighted by molar-refractivity contribution is 0.446. The van der Waals surface area contributed by atoms with Gasteiger partial charge in [0.05, 0.1) is 5.56 Å². The van der Waals surface area contributed by atoms with Gasteiger partial charge in [-0.25, -0.2) is 0 Å². The Morgan fingerprint density at radius 1 is 0.842 bits per heavy atom. The van der Waals surface area contributed by atoms with E-state index in [1.54, 1.807) is 18.2 Å². The zero-order chi connectivity index (χ0) is 14.0. The first kappa shape index (κ1) is 13.3. The standard InChI is InChI=1S/C16H18O3/c1-3-10-8-11(4-2)16(19)14(15(10)18)12-6-5-7-13(17)9-12/h5-9,17-19H,3-4H2,1-2H3. The normalized spacial score (nSPS) is 10.6. The van der Waals surface area contributed by atoms with Crippen molar-refractivity contribution >= 4 is 0 Å². The smallest absolute Gasteiger partial charge is 0.130 e. The molecule has 0 bridgehead atoms. The lowest BCUT2D eigenvalue weighted by Gasteiger charge is -2.15. The summed E-state index contributed by atoms with van der Waals surface area (Å²) in [5.41, 5.74) is 2.60. The monoisotopic (exact) mass is 258 g/mol. The fraction of sp³-hybridized carbons (Fsp3) is 0.250. The minimum atomic E-state index is 0.0859. The summed E-state index contributed by atoms with van der Waals surface area (Å²) in [4.78, 5) is 0. The molecule has 2 rings (SSSR count). The molecule has 0 radical (unpaired) electrons. The number of hydrogen-bond donors (Lipinski definition) is 3. The zero-order valence-electron chi connectivity index (χ0n) is 11.1. The van der Waals surface area contributed by atoms with Crippen molar-refractivity contribution in [2.45, 2.75) is 26.7 Å². The summed E-state index contributed by atoms with van der Waals surface area (Å²) in [7, 11) is 0. The molecule has 100 valence electrons. The van der Waals surface area contributed by atoms with Crippen LogP contribution in [0.1, 0.15) is 25.0 Å². The van der Waals surface area contributed by atoms with Gasteiger partial charge in [0.2, 0.25) is 0 Å². The van der Waals surface area contributed by atoms with Gasteiger partial charge in [-0.1, -0.05) is 26.0 Å². The Labute approximate surface area is 112 Å². The van der Waals surface area contributed by atoms with Gasteiger partial charge in [0.1, 0.15) is 17.2 Å². The van der Waals surface area contributed by atoms with E-state index in [1.165, 1.54) is 6.07 Å². The highest BCUT2D eigenvalue weighted by atomic mass is 16.3. The van der Waals surface area contributed by atoms with Crippen LogP contribution < -0.4 is 0 Å². The van der Waals surface area contributed by atoms with Crippen LogP contribution in [-0.4, -0.2) is 15.3 Å². The van der Waals surface area contributed by atoms with Gasteiger partial charge < -0.3 is 15.3 Å². The van der Waals surface area contributed by atoms with Crippen LogP contribution in [-0.2, 0) is 12.8 Å². The number of phenolic OH excluding ortho intramolecular Hbond substituents is 3. The Bertz CT molecular complexity index is 575. The Morgan fingerprint density at radius 3 is 1.89 bits per heavy atom. The predicted octanol–water partition coefficient (Wildman–Crippen LogP) is 3.60. The van der Waals surface area contributed by atoms with Crippen molar-refractivity contribution in [2.24, 2.45) is 0 Å². The van der Waals surface area contributed by atoms with Crippen molar-refractivity contribution in [3.8, 4) is 28.4 Å². The second-order valence-corrected chi connectivity index (χ2v) is 4.52. The molecule has 0 unspecified atom stereocenters. The molecule has 3 N–H and O–H groups in total. The summed E-state index contributed by atoms with van der Waals surface area (Å²) >= 11 is 0. The van der Waals surface area contributed by atoms with Crippen LogP contribution >= 0.6 is 0 Å². The lowest BCUT2D eigenvalue weighted by atomic mass is 9.94. The number of aryl methyl sites for hydroxylation is 2. The van der Waals surface area contributed by atoms with Gasteiger partial charge in [0, 0.05) is 0 Å². The van der Waals surface area contributed by atoms with E-state index in [4.69, 9.17) is 0 Å². The molecule has 0 saturated carbocycles. The molecule has 0 saturated heterocycles. The average Bonchev–Trinajstić information content (AvgIpc) is 2.39. The number of aromatic hydroxyl groups is 3. The van der Waals surface area contributed by atoms with Crippen LogP contribution in [0, 0.1) is 0 Å². The molecule has 0 aromatic heterocycles. The number of hydrogen-bond acceptors (Lipinski definition) is 3. The summed E-state index contributed by atoms with van der Waals surface area (Å²) in [5.74, 6) is 0.279. The van der Waals surface area contributed by atoms with E-state index >= 15 is 0 Å². The lowest BCUT2D eigenvalue weighted by Crippen LogP contribution is -1.93. The Kier molecular flexibility index (Phi) is 3.65. The van der Waals surface area contributed by atoms with Gasteiger partial charge in [-0.3, -0.25) is 0 Å². The van der Waals surface area contributed by atoms with Crippen molar-refractivity contribution in [1.82, 2.24) is 0 Å². The number of rotatable bonds is 3. The summed E-state index contributed by atoms with van der Waals surface area (Å²) in [6, 6.07) is 8.37. The van der Waals surface area contributed by atoms with E-state index < -0.39 is 0 Å². The Morgan fingerprint density at radius 2 is 1.42 bits per heavy atom. The minimum Gasteiger partial charge on any atom is -0.508 e. The topological polar surface area (TPSA) is 60.7 Å². The second kappa shape index (κ2) is 5.22. The molecule has 3 heteroatoms. The maximum atomic E-state index is 10.3. The van der Waals surface area contributed by atoms with Crippen LogP contribution in [0.2, 0.25) is 0 Å². The molecule has 0 aliphatic rings.